The molecule has 0 unspecified atom stereocenters. The molecule has 1 atom stereocenters. The molecule has 8 nitrogen and oxygen atoms in total. The molecule has 30 heavy (non-hydrogen) atoms. The van der Waals surface area contributed by atoms with Crippen molar-refractivity contribution in [2.45, 2.75) is 52.3 Å². The van der Waals surface area contributed by atoms with Crippen molar-refractivity contribution < 1.29 is 19.4 Å². The highest BCUT2D eigenvalue weighted by atomic mass is 16.6. The van der Waals surface area contributed by atoms with E-state index in [1.165, 1.54) is 0 Å². The summed E-state index contributed by atoms with van der Waals surface area (Å²) in [6.07, 6.45) is 4.80. The number of anilines is 2. The number of amides is 2. The lowest BCUT2D eigenvalue weighted by molar-refractivity contribution is -0.120. The Morgan fingerprint density at radius 3 is 2.67 bits per heavy atom. The molecule has 2 aliphatic rings. The van der Waals surface area contributed by atoms with Gasteiger partial charge >= 0.3 is 6.09 Å². The van der Waals surface area contributed by atoms with Gasteiger partial charge in [0.15, 0.2) is 0 Å². The first-order chi connectivity index (χ1) is 14.4. The molecule has 8 heteroatoms. The number of benzene rings is 1. The Labute approximate surface area is 176 Å². The molecule has 1 saturated carbocycles. The second-order valence-electron chi connectivity index (χ2n) is 8.29. The van der Waals surface area contributed by atoms with Gasteiger partial charge in [0.2, 0.25) is 5.91 Å². The predicted molar refractivity (Wildman–Crippen MR) is 113 cm³/mol. The summed E-state index contributed by atoms with van der Waals surface area (Å²) >= 11 is 0. The largest absolute Gasteiger partial charge is 0.446 e. The molecule has 2 aromatic rings. The average Bonchev–Trinajstić information content (AvgIpc) is 3.45. The molecule has 1 fully saturated rings. The summed E-state index contributed by atoms with van der Waals surface area (Å²) in [6, 6.07) is 5.62. The molecule has 4 rings (SSSR count). The minimum absolute atomic E-state index is 0.0102. The Kier molecular flexibility index (Phi) is 5.51. The van der Waals surface area contributed by atoms with Crippen molar-refractivity contribution >= 4 is 23.4 Å². The quantitative estimate of drug-likeness (QED) is 0.816. The van der Waals surface area contributed by atoms with E-state index in [1.54, 1.807) is 15.8 Å². The zero-order chi connectivity index (χ0) is 21.4. The average molecular weight is 412 g/mol. The molecule has 1 N–H and O–H groups in total. The highest BCUT2D eigenvalue weighted by Gasteiger charge is 2.41. The predicted octanol–water partition coefficient (Wildman–Crippen LogP) is 3.04. The van der Waals surface area contributed by atoms with E-state index >= 15 is 0 Å². The van der Waals surface area contributed by atoms with E-state index in [0.29, 0.717) is 18.8 Å². The molecule has 1 aliphatic heterocycles. The van der Waals surface area contributed by atoms with Crippen LogP contribution in [-0.4, -0.2) is 52.2 Å². The summed E-state index contributed by atoms with van der Waals surface area (Å²) in [6.45, 7) is 6.41. The number of aliphatic hydroxyl groups is 1. The van der Waals surface area contributed by atoms with Gasteiger partial charge in [-0.3, -0.25) is 14.4 Å². The van der Waals surface area contributed by atoms with Crippen LogP contribution < -0.4 is 9.80 Å². The van der Waals surface area contributed by atoms with E-state index in [-0.39, 0.29) is 30.6 Å². The molecule has 2 amide bonds. The molecule has 160 valence electrons. The fraction of sp³-hybridized carbons (Fsp3) is 0.500. The lowest BCUT2D eigenvalue weighted by Gasteiger charge is -2.41. The monoisotopic (exact) mass is 412 g/mol. The first-order valence-corrected chi connectivity index (χ1v) is 10.5. The van der Waals surface area contributed by atoms with Gasteiger partial charge in [0.05, 0.1) is 42.9 Å². The van der Waals surface area contributed by atoms with Crippen LogP contribution in [0.25, 0.3) is 11.1 Å². The van der Waals surface area contributed by atoms with Crippen LogP contribution in [-0.2, 0) is 16.1 Å². The van der Waals surface area contributed by atoms with E-state index in [4.69, 9.17) is 9.84 Å². The number of hydrogen-bond acceptors (Lipinski definition) is 5. The Hall–Kier alpha value is -2.87. The van der Waals surface area contributed by atoms with Gasteiger partial charge in [-0.25, -0.2) is 4.79 Å². The lowest BCUT2D eigenvalue weighted by atomic mass is 10.0. The molecular weight excluding hydrogens is 384 g/mol. The van der Waals surface area contributed by atoms with Gasteiger partial charge in [0.25, 0.3) is 0 Å². The highest BCUT2D eigenvalue weighted by molar-refractivity contribution is 6.05. The van der Waals surface area contributed by atoms with E-state index in [0.717, 1.165) is 29.7 Å². The Bertz CT molecular complexity index is 950. The van der Waals surface area contributed by atoms with Crippen LogP contribution in [0, 0.1) is 5.92 Å². The third-order valence-corrected chi connectivity index (χ3v) is 5.43. The molecule has 1 aliphatic carbocycles. The summed E-state index contributed by atoms with van der Waals surface area (Å²) < 4.78 is 7.14. The van der Waals surface area contributed by atoms with Crippen LogP contribution >= 0.6 is 0 Å². The van der Waals surface area contributed by atoms with Crippen molar-refractivity contribution in [3.8, 4) is 11.1 Å². The lowest BCUT2D eigenvalue weighted by Crippen LogP contribution is -2.52. The van der Waals surface area contributed by atoms with Crippen molar-refractivity contribution in [1.29, 1.82) is 0 Å². The fourth-order valence-corrected chi connectivity index (χ4v) is 3.84. The molecule has 0 saturated heterocycles. The molecule has 1 aromatic carbocycles. The van der Waals surface area contributed by atoms with E-state index < -0.39 is 6.09 Å². The van der Waals surface area contributed by atoms with Crippen molar-refractivity contribution in [2.24, 2.45) is 5.92 Å². The molecular formula is C22H28N4O4. The van der Waals surface area contributed by atoms with Crippen molar-refractivity contribution in [3.63, 3.8) is 0 Å². The van der Waals surface area contributed by atoms with Crippen LogP contribution in [0.15, 0.2) is 30.6 Å². The maximum absolute atomic E-state index is 13.0. The van der Waals surface area contributed by atoms with Crippen LogP contribution in [0.1, 0.15) is 33.6 Å². The van der Waals surface area contributed by atoms with Gasteiger partial charge in [-0.05, 0) is 51.3 Å². The molecule has 0 bridgehead atoms. The van der Waals surface area contributed by atoms with E-state index in [1.807, 2.05) is 50.1 Å². The third-order valence-electron chi connectivity index (χ3n) is 5.43. The SMILES string of the molecule is CC(C)OC(=O)N1C[C@H](C)N(C(=O)C2CC2)c2ccc(-c3cnn(CCO)c3)cc21. The van der Waals surface area contributed by atoms with Gasteiger partial charge in [0, 0.05) is 24.2 Å². The normalized spacial score (nSPS) is 18.5. The van der Waals surface area contributed by atoms with Gasteiger partial charge in [-0.15, -0.1) is 0 Å². The fourth-order valence-electron chi connectivity index (χ4n) is 3.84. The van der Waals surface area contributed by atoms with Crippen molar-refractivity contribution in [3.05, 3.63) is 30.6 Å². The van der Waals surface area contributed by atoms with Crippen LogP contribution in [0.3, 0.4) is 0 Å². The van der Waals surface area contributed by atoms with Crippen LogP contribution in [0.4, 0.5) is 16.2 Å². The molecule has 0 spiro atoms. The minimum atomic E-state index is -0.412. The number of ether oxygens (including phenoxy) is 1. The number of rotatable bonds is 5. The van der Waals surface area contributed by atoms with Crippen LogP contribution in [0.5, 0.6) is 0 Å². The standard InChI is InChI=1S/C22H28N4O4/c1-14(2)30-22(29)25-12-15(3)26(21(28)16-4-5-16)19-7-6-17(10-20(19)25)18-11-23-24(13-18)8-9-27/h6-7,10-11,13-16,27H,4-5,8-9,12H2,1-3H3/t15-/m0/s1. The molecule has 1 aromatic heterocycles. The number of aliphatic hydroxyl groups excluding tert-OH is 1. The smallest absolute Gasteiger partial charge is 0.414 e. The van der Waals surface area contributed by atoms with Crippen molar-refractivity contribution in [2.75, 3.05) is 23.0 Å². The van der Waals surface area contributed by atoms with Gasteiger partial charge in [0.1, 0.15) is 0 Å². The summed E-state index contributed by atoms with van der Waals surface area (Å²) in [5.74, 6) is 0.218. The third kappa shape index (κ3) is 3.92. The zero-order valence-electron chi connectivity index (χ0n) is 17.6. The number of carbonyl (C=O) groups excluding carboxylic acids is 2. The Balaban J connectivity index is 1.74. The number of nitrogens with zero attached hydrogens (tertiary/aromatic N) is 4. The maximum atomic E-state index is 13.0. The van der Waals surface area contributed by atoms with Crippen LogP contribution in [0.2, 0.25) is 0 Å². The minimum Gasteiger partial charge on any atom is -0.446 e. The number of fused-ring (bicyclic) bond motifs is 1. The van der Waals surface area contributed by atoms with Gasteiger partial charge in [-0.2, -0.15) is 5.10 Å². The second kappa shape index (κ2) is 8.10. The Morgan fingerprint density at radius 2 is 2.00 bits per heavy atom. The summed E-state index contributed by atoms with van der Waals surface area (Å²) in [5.41, 5.74) is 3.16. The maximum Gasteiger partial charge on any atom is 0.414 e. The van der Waals surface area contributed by atoms with Gasteiger partial charge < -0.3 is 14.7 Å². The Morgan fingerprint density at radius 1 is 1.23 bits per heavy atom. The van der Waals surface area contributed by atoms with Gasteiger partial charge in [-0.1, -0.05) is 6.07 Å². The summed E-state index contributed by atoms with van der Waals surface area (Å²) in [4.78, 5) is 29.3. The first-order valence-electron chi connectivity index (χ1n) is 10.5. The topological polar surface area (TPSA) is 87.9 Å². The number of carbonyl (C=O) groups is 2. The summed E-state index contributed by atoms with van der Waals surface area (Å²) in [7, 11) is 0. The van der Waals surface area contributed by atoms with Crippen molar-refractivity contribution in [1.82, 2.24) is 9.78 Å². The first kappa shape index (κ1) is 20.4. The highest BCUT2D eigenvalue weighted by Crippen LogP contribution is 2.42. The molecule has 2 heterocycles. The van der Waals surface area contributed by atoms with E-state index in [2.05, 4.69) is 5.10 Å². The summed E-state index contributed by atoms with van der Waals surface area (Å²) in [5, 5.41) is 13.4. The van der Waals surface area contributed by atoms with E-state index in [9.17, 15) is 9.59 Å². The molecule has 0 radical (unpaired) electrons. The number of hydrogen-bond donors (Lipinski definition) is 1. The second-order valence-corrected chi connectivity index (χ2v) is 8.29. The number of aromatic nitrogens is 2. The zero-order valence-corrected chi connectivity index (χ0v) is 17.6.